The number of alkyl halides is 2. The topological polar surface area (TPSA) is 34.9 Å². The number of hydrogen-bond acceptors (Lipinski definition) is 2. The Morgan fingerprint density at radius 1 is 1.47 bits per heavy atom. The summed E-state index contributed by atoms with van der Waals surface area (Å²) in [5.41, 5.74) is 0.188. The second-order valence-corrected chi connectivity index (χ2v) is 5.08. The quantitative estimate of drug-likeness (QED) is 0.838. The average molecular weight is 309 g/mol. The van der Waals surface area contributed by atoms with Crippen molar-refractivity contribution in [3.63, 3.8) is 0 Å². The van der Waals surface area contributed by atoms with Crippen LogP contribution in [-0.2, 0) is 13.0 Å². The molecule has 0 atom stereocenters. The molecule has 1 rings (SSSR count). The third kappa shape index (κ3) is 4.18. The van der Waals surface area contributed by atoms with E-state index in [4.69, 9.17) is 0 Å². The fourth-order valence-corrected chi connectivity index (χ4v) is 1.90. The van der Waals surface area contributed by atoms with Crippen LogP contribution < -0.4 is 5.56 Å². The minimum atomic E-state index is -2.55. The molecule has 0 aliphatic rings. The highest BCUT2D eigenvalue weighted by molar-refractivity contribution is 9.10. The Morgan fingerprint density at radius 3 is 2.65 bits per heavy atom. The molecule has 3 nitrogen and oxygen atoms in total. The summed E-state index contributed by atoms with van der Waals surface area (Å²) in [5.74, 6) is 0.507. The van der Waals surface area contributed by atoms with Crippen LogP contribution in [0.2, 0.25) is 0 Å². The molecule has 0 amide bonds. The summed E-state index contributed by atoms with van der Waals surface area (Å²) < 4.78 is 25.6. The second kappa shape index (κ2) is 6.23. The van der Waals surface area contributed by atoms with Crippen molar-refractivity contribution in [1.29, 1.82) is 0 Å². The highest BCUT2D eigenvalue weighted by atomic mass is 79.9. The minimum Gasteiger partial charge on any atom is -0.293 e. The van der Waals surface area contributed by atoms with Gasteiger partial charge in [0.2, 0.25) is 0 Å². The number of hydrogen-bond donors (Lipinski definition) is 0. The number of aryl methyl sites for hydroxylation is 1. The smallest absolute Gasteiger partial charge is 0.268 e. The molecule has 0 bridgehead atoms. The fourth-order valence-electron chi connectivity index (χ4n) is 1.38. The Kier molecular flexibility index (Phi) is 5.24. The number of nitrogens with zero attached hydrogens (tertiary/aromatic N) is 2. The maximum absolute atomic E-state index is 12.2. The molecule has 1 aromatic heterocycles. The van der Waals surface area contributed by atoms with Crippen molar-refractivity contribution in [2.75, 3.05) is 0 Å². The van der Waals surface area contributed by atoms with Crippen molar-refractivity contribution < 1.29 is 8.78 Å². The molecule has 0 unspecified atom stereocenters. The van der Waals surface area contributed by atoms with E-state index in [2.05, 4.69) is 34.8 Å². The van der Waals surface area contributed by atoms with E-state index in [1.165, 1.54) is 6.33 Å². The Morgan fingerprint density at radius 2 is 2.12 bits per heavy atom. The Labute approximate surface area is 107 Å². The molecule has 0 fully saturated rings. The first-order chi connectivity index (χ1) is 7.91. The van der Waals surface area contributed by atoms with E-state index in [-0.39, 0.29) is 0 Å². The van der Waals surface area contributed by atoms with Gasteiger partial charge >= 0.3 is 0 Å². The van der Waals surface area contributed by atoms with Gasteiger partial charge in [-0.05, 0) is 34.7 Å². The van der Waals surface area contributed by atoms with Crippen molar-refractivity contribution in [2.24, 2.45) is 5.92 Å². The standard InChI is InChI=1S/C11H15BrF2N2O/c1-7(2)3-4-8-10(12)11(17)16(6-15-8)5-9(13)14/h6-7,9H,3-5H2,1-2H3. The van der Waals surface area contributed by atoms with Gasteiger partial charge in [0.15, 0.2) is 0 Å². The van der Waals surface area contributed by atoms with E-state index >= 15 is 0 Å². The highest BCUT2D eigenvalue weighted by Crippen LogP contribution is 2.13. The van der Waals surface area contributed by atoms with Crippen LogP contribution in [0.4, 0.5) is 8.78 Å². The van der Waals surface area contributed by atoms with Gasteiger partial charge in [0.05, 0.1) is 18.6 Å². The van der Waals surface area contributed by atoms with Gasteiger partial charge in [0.1, 0.15) is 4.47 Å². The van der Waals surface area contributed by atoms with Gasteiger partial charge in [0.25, 0.3) is 12.0 Å². The summed E-state index contributed by atoms with van der Waals surface area (Å²) in [6, 6.07) is 0. The summed E-state index contributed by atoms with van der Waals surface area (Å²) in [4.78, 5) is 15.8. The summed E-state index contributed by atoms with van der Waals surface area (Å²) in [5, 5.41) is 0. The molecule has 6 heteroatoms. The Bertz CT molecular complexity index is 432. The predicted molar refractivity (Wildman–Crippen MR) is 65.4 cm³/mol. The molecule has 17 heavy (non-hydrogen) atoms. The van der Waals surface area contributed by atoms with Crippen LogP contribution in [0.25, 0.3) is 0 Å². The van der Waals surface area contributed by atoms with E-state index < -0.39 is 18.5 Å². The zero-order valence-corrected chi connectivity index (χ0v) is 11.4. The molecule has 0 spiro atoms. The Balaban J connectivity index is 2.90. The van der Waals surface area contributed by atoms with Gasteiger partial charge in [-0.1, -0.05) is 13.8 Å². The van der Waals surface area contributed by atoms with Crippen LogP contribution in [0.1, 0.15) is 26.0 Å². The zero-order valence-electron chi connectivity index (χ0n) is 9.79. The first-order valence-electron chi connectivity index (χ1n) is 5.43. The number of rotatable bonds is 5. The summed E-state index contributed by atoms with van der Waals surface area (Å²) in [6.07, 6.45) is 0.213. The minimum absolute atomic E-state index is 0.293. The third-order valence-electron chi connectivity index (χ3n) is 2.35. The van der Waals surface area contributed by atoms with Crippen molar-refractivity contribution >= 4 is 15.9 Å². The molecule has 1 heterocycles. The number of aromatic nitrogens is 2. The molecule has 0 aromatic carbocycles. The zero-order chi connectivity index (χ0) is 13.0. The van der Waals surface area contributed by atoms with Crippen LogP contribution in [0.15, 0.2) is 15.6 Å². The highest BCUT2D eigenvalue weighted by Gasteiger charge is 2.12. The monoisotopic (exact) mass is 308 g/mol. The molecule has 0 radical (unpaired) electrons. The summed E-state index contributed by atoms with van der Waals surface area (Å²) in [6.45, 7) is 3.53. The third-order valence-corrected chi connectivity index (χ3v) is 3.15. The molecular weight excluding hydrogens is 294 g/mol. The second-order valence-electron chi connectivity index (χ2n) is 4.29. The van der Waals surface area contributed by atoms with Crippen LogP contribution in [-0.4, -0.2) is 16.0 Å². The molecule has 0 saturated carbocycles. The Hall–Kier alpha value is -0.780. The van der Waals surface area contributed by atoms with Gasteiger partial charge in [0, 0.05) is 0 Å². The first-order valence-corrected chi connectivity index (χ1v) is 6.23. The largest absolute Gasteiger partial charge is 0.293 e. The van der Waals surface area contributed by atoms with E-state index in [0.717, 1.165) is 11.0 Å². The number of halogens is 3. The lowest BCUT2D eigenvalue weighted by Gasteiger charge is -2.09. The van der Waals surface area contributed by atoms with Crippen LogP contribution >= 0.6 is 15.9 Å². The molecule has 0 aliphatic carbocycles. The predicted octanol–water partition coefficient (Wildman–Crippen LogP) is 2.86. The lowest BCUT2D eigenvalue weighted by molar-refractivity contribution is 0.124. The van der Waals surface area contributed by atoms with Crippen LogP contribution in [0.5, 0.6) is 0 Å². The fraction of sp³-hybridized carbons (Fsp3) is 0.636. The van der Waals surface area contributed by atoms with Crippen LogP contribution in [0, 0.1) is 5.92 Å². The molecule has 96 valence electrons. The maximum atomic E-state index is 12.2. The van der Waals surface area contributed by atoms with Gasteiger partial charge in [-0.3, -0.25) is 9.36 Å². The lowest BCUT2D eigenvalue weighted by atomic mass is 10.1. The van der Waals surface area contributed by atoms with Gasteiger partial charge in [-0.25, -0.2) is 13.8 Å². The van der Waals surface area contributed by atoms with Crippen molar-refractivity contribution in [1.82, 2.24) is 9.55 Å². The van der Waals surface area contributed by atoms with Gasteiger partial charge in [-0.2, -0.15) is 0 Å². The average Bonchev–Trinajstić information content (AvgIpc) is 2.23. The molecule has 0 N–H and O–H groups in total. The van der Waals surface area contributed by atoms with Crippen molar-refractivity contribution in [3.8, 4) is 0 Å². The molecule has 0 aliphatic heterocycles. The summed E-state index contributed by atoms with van der Waals surface area (Å²) >= 11 is 3.13. The van der Waals surface area contributed by atoms with E-state index in [0.29, 0.717) is 22.5 Å². The molecule has 1 aromatic rings. The van der Waals surface area contributed by atoms with E-state index in [9.17, 15) is 13.6 Å². The molecule has 0 saturated heterocycles. The lowest BCUT2D eigenvalue weighted by Crippen LogP contribution is -2.25. The van der Waals surface area contributed by atoms with Gasteiger partial charge < -0.3 is 0 Å². The SMILES string of the molecule is CC(C)CCc1ncn(CC(F)F)c(=O)c1Br. The van der Waals surface area contributed by atoms with Gasteiger partial charge in [-0.15, -0.1) is 0 Å². The van der Waals surface area contributed by atoms with Crippen molar-refractivity contribution in [2.45, 2.75) is 39.7 Å². The summed E-state index contributed by atoms with van der Waals surface area (Å²) in [7, 11) is 0. The first kappa shape index (κ1) is 14.3. The van der Waals surface area contributed by atoms with Crippen molar-refractivity contribution in [3.05, 3.63) is 26.8 Å². The van der Waals surface area contributed by atoms with E-state index in [1.807, 2.05) is 0 Å². The molecular formula is C11H15BrF2N2O. The van der Waals surface area contributed by atoms with E-state index in [1.54, 1.807) is 0 Å². The maximum Gasteiger partial charge on any atom is 0.268 e. The van der Waals surface area contributed by atoms with Crippen LogP contribution in [0.3, 0.4) is 0 Å². The normalized spacial score (nSPS) is 11.5.